The zero-order valence-electron chi connectivity index (χ0n) is 12.0. The molecule has 4 rings (SSSR count). The predicted octanol–water partition coefficient (Wildman–Crippen LogP) is 3.37. The van der Waals surface area contributed by atoms with Crippen LogP contribution in [0.1, 0.15) is 5.56 Å². The summed E-state index contributed by atoms with van der Waals surface area (Å²) in [6.07, 6.45) is 5.38. The van der Waals surface area contributed by atoms with Gasteiger partial charge in [0.25, 0.3) is 0 Å². The van der Waals surface area contributed by atoms with Crippen LogP contribution in [0.4, 0.5) is 0 Å². The number of aromatic nitrogens is 5. The number of nitrogens with zero attached hydrogens (tertiary/aromatic N) is 4. The molecule has 0 saturated carbocycles. The summed E-state index contributed by atoms with van der Waals surface area (Å²) in [6, 6.07) is 13.7. The third-order valence-electron chi connectivity index (χ3n) is 3.48. The number of aromatic amines is 2. The van der Waals surface area contributed by atoms with Crippen molar-refractivity contribution in [2.75, 3.05) is 0 Å². The average molecular weight is 320 g/mol. The maximum atomic E-state index is 5.26. The largest absolute Gasteiger partial charge is 0.361 e. The van der Waals surface area contributed by atoms with Crippen LogP contribution >= 0.6 is 12.2 Å². The van der Waals surface area contributed by atoms with Gasteiger partial charge in [0.2, 0.25) is 10.6 Å². The van der Waals surface area contributed by atoms with E-state index in [1.165, 1.54) is 0 Å². The van der Waals surface area contributed by atoms with Crippen molar-refractivity contribution in [3.63, 3.8) is 0 Å². The van der Waals surface area contributed by atoms with E-state index < -0.39 is 0 Å². The summed E-state index contributed by atoms with van der Waals surface area (Å²) in [4.78, 5) is 7.51. The molecule has 0 atom stereocenters. The normalized spacial score (nSPS) is 11.5. The maximum Gasteiger partial charge on any atom is 0.216 e. The molecule has 0 saturated heterocycles. The van der Waals surface area contributed by atoms with Gasteiger partial charge in [-0.25, -0.2) is 5.10 Å². The Bertz CT molecular complexity index is 1040. The quantitative estimate of drug-likeness (QED) is 0.449. The van der Waals surface area contributed by atoms with Crippen molar-refractivity contribution >= 4 is 29.3 Å². The van der Waals surface area contributed by atoms with Crippen LogP contribution in [0.5, 0.6) is 0 Å². The van der Waals surface area contributed by atoms with E-state index in [9.17, 15) is 0 Å². The number of hydrogen-bond acceptors (Lipinski definition) is 4. The molecule has 0 spiro atoms. The van der Waals surface area contributed by atoms with Crippen LogP contribution in [-0.4, -0.2) is 31.1 Å². The standard InChI is InChI=1S/C16H12N6S/c23-16-21-20-15(14-7-3-4-8-17-14)22(16)19-10-11-9-18-13-6-2-1-5-12(11)13/h1-10,18H,(H,21,23)/b19-10+. The van der Waals surface area contributed by atoms with E-state index in [0.717, 1.165) is 16.5 Å². The number of fused-ring (bicyclic) bond motifs is 1. The van der Waals surface area contributed by atoms with Crippen molar-refractivity contribution in [2.24, 2.45) is 5.10 Å². The van der Waals surface area contributed by atoms with Gasteiger partial charge in [0, 0.05) is 28.9 Å². The Labute approximate surface area is 136 Å². The van der Waals surface area contributed by atoms with E-state index in [1.54, 1.807) is 17.1 Å². The van der Waals surface area contributed by atoms with Crippen LogP contribution in [-0.2, 0) is 0 Å². The van der Waals surface area contributed by atoms with Gasteiger partial charge in [-0.05, 0) is 30.4 Å². The van der Waals surface area contributed by atoms with Crippen LogP contribution in [0.25, 0.3) is 22.4 Å². The predicted molar refractivity (Wildman–Crippen MR) is 91.9 cm³/mol. The molecule has 0 bridgehead atoms. The number of nitrogens with one attached hydrogen (secondary N) is 2. The summed E-state index contributed by atoms with van der Waals surface area (Å²) in [5, 5.41) is 12.5. The second-order valence-electron chi connectivity index (χ2n) is 4.91. The number of hydrogen-bond donors (Lipinski definition) is 2. The molecule has 0 aliphatic heterocycles. The van der Waals surface area contributed by atoms with Gasteiger partial charge >= 0.3 is 0 Å². The van der Waals surface area contributed by atoms with Gasteiger partial charge in [-0.2, -0.15) is 14.9 Å². The number of H-pyrrole nitrogens is 2. The third kappa shape index (κ3) is 2.47. The number of para-hydroxylation sites is 1. The van der Waals surface area contributed by atoms with Gasteiger partial charge in [-0.3, -0.25) is 4.98 Å². The molecule has 0 aliphatic carbocycles. The lowest BCUT2D eigenvalue weighted by Crippen LogP contribution is -1.96. The van der Waals surface area contributed by atoms with Crippen molar-refractivity contribution in [3.8, 4) is 11.5 Å². The summed E-state index contributed by atoms with van der Waals surface area (Å²) < 4.78 is 1.99. The molecule has 0 fully saturated rings. The molecule has 3 aromatic heterocycles. The number of rotatable bonds is 3. The molecule has 4 aromatic rings. The molecule has 0 radical (unpaired) electrons. The van der Waals surface area contributed by atoms with Crippen molar-refractivity contribution < 1.29 is 0 Å². The Morgan fingerprint density at radius 1 is 1.13 bits per heavy atom. The van der Waals surface area contributed by atoms with Crippen LogP contribution in [0.3, 0.4) is 0 Å². The Morgan fingerprint density at radius 3 is 2.87 bits per heavy atom. The summed E-state index contributed by atoms with van der Waals surface area (Å²) in [7, 11) is 0. The highest BCUT2D eigenvalue weighted by atomic mass is 32.1. The fourth-order valence-corrected chi connectivity index (χ4v) is 2.56. The Balaban J connectivity index is 1.78. The lowest BCUT2D eigenvalue weighted by Gasteiger charge is -1.99. The first-order valence-corrected chi connectivity index (χ1v) is 7.43. The molecule has 0 amide bonds. The molecule has 0 aliphatic rings. The van der Waals surface area contributed by atoms with Gasteiger partial charge in [-0.15, -0.1) is 0 Å². The van der Waals surface area contributed by atoms with E-state index in [1.807, 2.05) is 48.7 Å². The van der Waals surface area contributed by atoms with E-state index in [4.69, 9.17) is 12.2 Å². The fraction of sp³-hybridized carbons (Fsp3) is 0. The SMILES string of the molecule is S=c1[nH]nc(-c2ccccn2)n1/N=C/c1c[nH]c2ccccc12. The molecule has 2 N–H and O–H groups in total. The molecule has 23 heavy (non-hydrogen) atoms. The minimum absolute atomic E-state index is 0.418. The minimum Gasteiger partial charge on any atom is -0.361 e. The van der Waals surface area contributed by atoms with Gasteiger partial charge in [0.05, 0.1) is 6.21 Å². The monoisotopic (exact) mass is 320 g/mol. The van der Waals surface area contributed by atoms with E-state index >= 15 is 0 Å². The zero-order chi connectivity index (χ0) is 15.6. The van der Waals surface area contributed by atoms with Crippen molar-refractivity contribution in [1.29, 1.82) is 0 Å². The molecule has 6 nitrogen and oxygen atoms in total. The smallest absolute Gasteiger partial charge is 0.216 e. The number of benzene rings is 1. The van der Waals surface area contributed by atoms with Crippen LogP contribution in [0, 0.1) is 4.77 Å². The highest BCUT2D eigenvalue weighted by Gasteiger charge is 2.09. The van der Waals surface area contributed by atoms with E-state index in [0.29, 0.717) is 16.3 Å². The van der Waals surface area contributed by atoms with Gasteiger partial charge in [0.1, 0.15) is 5.69 Å². The van der Waals surface area contributed by atoms with E-state index in [2.05, 4.69) is 25.3 Å². The summed E-state index contributed by atoms with van der Waals surface area (Å²) in [6.45, 7) is 0. The van der Waals surface area contributed by atoms with Crippen molar-refractivity contribution in [1.82, 2.24) is 24.8 Å². The highest BCUT2D eigenvalue weighted by Crippen LogP contribution is 2.17. The van der Waals surface area contributed by atoms with E-state index in [-0.39, 0.29) is 0 Å². The van der Waals surface area contributed by atoms with Crippen LogP contribution in [0.2, 0.25) is 0 Å². The molecule has 0 unspecified atom stereocenters. The van der Waals surface area contributed by atoms with Gasteiger partial charge in [0.15, 0.2) is 0 Å². The topological polar surface area (TPSA) is 74.7 Å². The molecule has 1 aromatic carbocycles. The summed E-state index contributed by atoms with van der Waals surface area (Å²) >= 11 is 5.26. The Kier molecular flexibility index (Phi) is 3.32. The summed E-state index contributed by atoms with van der Waals surface area (Å²) in [5.41, 5.74) is 2.75. The second-order valence-corrected chi connectivity index (χ2v) is 5.30. The molecule has 112 valence electrons. The molecule has 3 heterocycles. The minimum atomic E-state index is 0.418. The summed E-state index contributed by atoms with van der Waals surface area (Å²) in [5.74, 6) is 0.576. The highest BCUT2D eigenvalue weighted by molar-refractivity contribution is 7.71. The lowest BCUT2D eigenvalue weighted by atomic mass is 10.2. The Hall–Kier alpha value is -3.06. The lowest BCUT2D eigenvalue weighted by molar-refractivity contribution is 0.867. The van der Waals surface area contributed by atoms with Gasteiger partial charge in [-0.1, -0.05) is 24.3 Å². The fourth-order valence-electron chi connectivity index (χ4n) is 2.38. The molecule has 7 heteroatoms. The first-order chi connectivity index (χ1) is 11.3. The van der Waals surface area contributed by atoms with Crippen LogP contribution in [0.15, 0.2) is 60.0 Å². The van der Waals surface area contributed by atoms with Crippen LogP contribution < -0.4 is 0 Å². The molecular weight excluding hydrogens is 308 g/mol. The molecular formula is C16H12N6S. The Morgan fingerprint density at radius 2 is 2.00 bits per heavy atom. The second kappa shape index (κ2) is 5.62. The maximum absolute atomic E-state index is 5.26. The first kappa shape index (κ1) is 13.6. The number of pyridine rings is 1. The van der Waals surface area contributed by atoms with Crippen molar-refractivity contribution in [2.45, 2.75) is 0 Å². The van der Waals surface area contributed by atoms with Crippen molar-refractivity contribution in [3.05, 3.63) is 65.2 Å². The average Bonchev–Trinajstić information content (AvgIpc) is 3.17. The zero-order valence-corrected chi connectivity index (χ0v) is 12.8. The first-order valence-electron chi connectivity index (χ1n) is 7.02. The third-order valence-corrected chi connectivity index (χ3v) is 3.74. The van der Waals surface area contributed by atoms with Gasteiger partial charge < -0.3 is 4.98 Å².